The van der Waals surface area contributed by atoms with Crippen LogP contribution >= 0.6 is 34.7 Å². The largest absolute Gasteiger partial charge is 0.355 e. The van der Waals surface area contributed by atoms with Crippen molar-refractivity contribution in [2.45, 2.75) is 23.6 Å². The lowest BCUT2D eigenvalue weighted by atomic mass is 9.84. The van der Waals surface area contributed by atoms with Gasteiger partial charge in [0.05, 0.1) is 5.75 Å². The summed E-state index contributed by atoms with van der Waals surface area (Å²) in [5.74, 6) is 0.339. The molecule has 0 fully saturated rings. The standard InChI is InChI=1S/C14H16ClN3OS2/c1-14(2,10-4-3-5-11(15)6-10)8-16-12(19)7-20-13-18-17-9-21-13/h3-6,9H,7-8H2,1-2H3,(H,16,19). The van der Waals surface area contributed by atoms with E-state index in [0.717, 1.165) is 9.90 Å². The number of rotatable bonds is 6. The van der Waals surface area contributed by atoms with Gasteiger partial charge >= 0.3 is 0 Å². The molecular formula is C14H16ClN3OS2. The van der Waals surface area contributed by atoms with Crippen molar-refractivity contribution < 1.29 is 4.79 Å². The maximum atomic E-state index is 11.9. The molecule has 0 saturated heterocycles. The van der Waals surface area contributed by atoms with Crippen molar-refractivity contribution in [2.24, 2.45) is 0 Å². The summed E-state index contributed by atoms with van der Waals surface area (Å²) in [7, 11) is 0. The van der Waals surface area contributed by atoms with Gasteiger partial charge in [-0.2, -0.15) is 0 Å². The topological polar surface area (TPSA) is 54.9 Å². The second-order valence-corrected chi connectivity index (χ2v) is 7.66. The Morgan fingerprint density at radius 2 is 2.29 bits per heavy atom. The minimum Gasteiger partial charge on any atom is -0.355 e. The number of nitrogens with one attached hydrogen (secondary N) is 1. The molecule has 0 radical (unpaired) electrons. The second-order valence-electron chi connectivity index (χ2n) is 5.16. The fourth-order valence-corrected chi connectivity index (χ4v) is 3.24. The molecule has 0 saturated carbocycles. The maximum Gasteiger partial charge on any atom is 0.230 e. The van der Waals surface area contributed by atoms with Crippen molar-refractivity contribution in [1.82, 2.24) is 15.5 Å². The third-order valence-electron chi connectivity index (χ3n) is 3.00. The van der Waals surface area contributed by atoms with E-state index in [1.54, 1.807) is 5.51 Å². The van der Waals surface area contributed by atoms with Crippen LogP contribution in [-0.2, 0) is 10.2 Å². The van der Waals surface area contributed by atoms with Crippen molar-refractivity contribution in [3.05, 3.63) is 40.4 Å². The lowest BCUT2D eigenvalue weighted by molar-refractivity contribution is -0.118. The Balaban J connectivity index is 1.84. The summed E-state index contributed by atoms with van der Waals surface area (Å²) in [4.78, 5) is 11.9. The van der Waals surface area contributed by atoms with E-state index in [1.165, 1.54) is 23.1 Å². The minimum absolute atomic E-state index is 0.00898. The first-order chi connectivity index (χ1) is 9.97. The van der Waals surface area contributed by atoms with E-state index >= 15 is 0 Å². The van der Waals surface area contributed by atoms with Crippen LogP contribution in [0.15, 0.2) is 34.1 Å². The van der Waals surface area contributed by atoms with Gasteiger partial charge in [0.2, 0.25) is 5.91 Å². The summed E-state index contributed by atoms with van der Waals surface area (Å²) in [5.41, 5.74) is 2.59. The number of carbonyl (C=O) groups is 1. The number of carbonyl (C=O) groups excluding carboxylic acids is 1. The summed E-state index contributed by atoms with van der Waals surface area (Å²) in [6, 6.07) is 7.72. The summed E-state index contributed by atoms with van der Waals surface area (Å²) in [5, 5.41) is 11.3. The van der Waals surface area contributed by atoms with Gasteiger partial charge in [0.15, 0.2) is 4.34 Å². The van der Waals surface area contributed by atoms with Gasteiger partial charge in [0.25, 0.3) is 0 Å². The van der Waals surface area contributed by atoms with Crippen molar-refractivity contribution in [3.8, 4) is 0 Å². The summed E-state index contributed by atoms with van der Waals surface area (Å²) >= 11 is 8.85. The van der Waals surface area contributed by atoms with Crippen LogP contribution in [0.4, 0.5) is 0 Å². The van der Waals surface area contributed by atoms with Crippen LogP contribution in [0.25, 0.3) is 0 Å². The Labute approximate surface area is 137 Å². The normalized spacial score (nSPS) is 11.4. The third kappa shape index (κ3) is 4.98. The van der Waals surface area contributed by atoms with Crippen molar-refractivity contribution in [1.29, 1.82) is 0 Å². The molecule has 0 spiro atoms. The minimum atomic E-state index is -0.173. The zero-order chi connectivity index (χ0) is 15.3. The molecule has 0 atom stereocenters. The number of halogens is 1. The van der Waals surface area contributed by atoms with E-state index in [1.807, 2.05) is 24.3 Å². The highest BCUT2D eigenvalue weighted by atomic mass is 35.5. The van der Waals surface area contributed by atoms with E-state index in [4.69, 9.17) is 11.6 Å². The number of aromatic nitrogens is 2. The molecule has 21 heavy (non-hydrogen) atoms. The van der Waals surface area contributed by atoms with Crippen LogP contribution in [0.1, 0.15) is 19.4 Å². The fraction of sp³-hybridized carbons (Fsp3) is 0.357. The number of benzene rings is 1. The zero-order valence-electron chi connectivity index (χ0n) is 11.8. The Morgan fingerprint density at radius 3 is 2.95 bits per heavy atom. The highest BCUT2D eigenvalue weighted by Gasteiger charge is 2.21. The molecule has 4 nitrogen and oxygen atoms in total. The molecule has 0 aliphatic heterocycles. The van der Waals surface area contributed by atoms with E-state index in [0.29, 0.717) is 17.3 Å². The Bertz CT molecular complexity index is 602. The van der Waals surface area contributed by atoms with E-state index in [2.05, 4.69) is 29.4 Å². The first-order valence-corrected chi connectivity index (χ1v) is 8.63. The molecule has 1 aromatic carbocycles. The van der Waals surface area contributed by atoms with E-state index < -0.39 is 0 Å². The van der Waals surface area contributed by atoms with Gasteiger partial charge in [-0.05, 0) is 17.7 Å². The Kier molecular flexibility index (Phi) is 5.61. The first kappa shape index (κ1) is 16.3. The SMILES string of the molecule is CC(C)(CNC(=O)CSc1nncs1)c1cccc(Cl)c1. The maximum absolute atomic E-state index is 11.9. The third-order valence-corrected chi connectivity index (χ3v) is 5.10. The van der Waals surface area contributed by atoms with E-state index in [-0.39, 0.29) is 11.3 Å². The zero-order valence-corrected chi connectivity index (χ0v) is 14.2. The van der Waals surface area contributed by atoms with Gasteiger partial charge in [0.1, 0.15) is 5.51 Å². The molecule has 0 unspecified atom stereocenters. The van der Waals surface area contributed by atoms with Crippen LogP contribution in [0.2, 0.25) is 5.02 Å². The molecule has 0 bridgehead atoms. The Morgan fingerprint density at radius 1 is 1.48 bits per heavy atom. The molecule has 1 heterocycles. The molecule has 0 aliphatic rings. The van der Waals surface area contributed by atoms with Gasteiger partial charge in [-0.25, -0.2) is 0 Å². The lowest BCUT2D eigenvalue weighted by Gasteiger charge is -2.25. The van der Waals surface area contributed by atoms with Crippen molar-refractivity contribution in [3.63, 3.8) is 0 Å². The molecule has 7 heteroatoms. The second kappa shape index (κ2) is 7.24. The molecular weight excluding hydrogens is 326 g/mol. The highest BCUT2D eigenvalue weighted by Crippen LogP contribution is 2.25. The number of amides is 1. The van der Waals surface area contributed by atoms with Crippen molar-refractivity contribution in [2.75, 3.05) is 12.3 Å². The van der Waals surface area contributed by atoms with Crippen LogP contribution in [0.5, 0.6) is 0 Å². The first-order valence-electron chi connectivity index (χ1n) is 6.39. The predicted molar refractivity (Wildman–Crippen MR) is 88.1 cm³/mol. The molecule has 1 aromatic heterocycles. The lowest BCUT2D eigenvalue weighted by Crippen LogP contribution is -2.37. The van der Waals surface area contributed by atoms with Gasteiger partial charge in [-0.3, -0.25) is 4.79 Å². The molecule has 112 valence electrons. The predicted octanol–water partition coefficient (Wildman–Crippen LogP) is 3.38. The quantitative estimate of drug-likeness (QED) is 0.818. The summed E-state index contributed by atoms with van der Waals surface area (Å²) in [6.45, 7) is 4.72. The van der Waals surface area contributed by atoms with Crippen LogP contribution in [0.3, 0.4) is 0 Å². The average molecular weight is 342 g/mol. The average Bonchev–Trinajstić information content (AvgIpc) is 2.96. The van der Waals surface area contributed by atoms with E-state index in [9.17, 15) is 4.79 Å². The molecule has 0 aliphatic carbocycles. The smallest absolute Gasteiger partial charge is 0.230 e. The number of thioether (sulfide) groups is 1. The van der Waals surface area contributed by atoms with Gasteiger partial charge in [0, 0.05) is 17.0 Å². The number of hydrogen-bond donors (Lipinski definition) is 1. The van der Waals surface area contributed by atoms with Crippen LogP contribution < -0.4 is 5.32 Å². The van der Waals surface area contributed by atoms with Crippen LogP contribution in [0, 0.1) is 0 Å². The van der Waals surface area contributed by atoms with Gasteiger partial charge < -0.3 is 5.32 Å². The monoisotopic (exact) mass is 341 g/mol. The summed E-state index contributed by atoms with van der Waals surface area (Å²) < 4.78 is 0.805. The molecule has 2 aromatic rings. The fourth-order valence-electron chi connectivity index (χ4n) is 1.74. The Hall–Kier alpha value is -1.11. The number of hydrogen-bond acceptors (Lipinski definition) is 5. The van der Waals surface area contributed by atoms with Crippen molar-refractivity contribution >= 4 is 40.6 Å². The molecule has 2 rings (SSSR count). The highest BCUT2D eigenvalue weighted by molar-refractivity contribution is 8.01. The molecule has 1 N–H and O–H groups in total. The molecule has 1 amide bonds. The van der Waals surface area contributed by atoms with Crippen LogP contribution in [-0.4, -0.2) is 28.4 Å². The summed E-state index contributed by atoms with van der Waals surface area (Å²) in [6.07, 6.45) is 0. The van der Waals surface area contributed by atoms with Gasteiger partial charge in [-0.15, -0.1) is 10.2 Å². The number of nitrogens with zero attached hydrogens (tertiary/aromatic N) is 2. The van der Waals surface area contributed by atoms with Gasteiger partial charge in [-0.1, -0.05) is 60.7 Å².